The van der Waals surface area contributed by atoms with Crippen LogP contribution in [0.3, 0.4) is 0 Å². The van der Waals surface area contributed by atoms with Crippen LogP contribution >= 0.6 is 11.6 Å². The van der Waals surface area contributed by atoms with Gasteiger partial charge in [0.1, 0.15) is 17.3 Å². The molecule has 0 saturated carbocycles. The number of carbonyl (C=O) groups is 1. The Hall–Kier alpha value is -2.30. The molecule has 24 heavy (non-hydrogen) atoms. The molecule has 0 atom stereocenters. The number of rotatable bonds is 4. The average Bonchev–Trinajstić information content (AvgIpc) is 2.44. The fourth-order valence-corrected chi connectivity index (χ4v) is 2.20. The lowest BCUT2D eigenvalue weighted by atomic mass is 10.2. The van der Waals surface area contributed by atoms with Crippen molar-refractivity contribution in [1.82, 2.24) is 4.72 Å². The quantitative estimate of drug-likeness (QED) is 0.851. The second-order valence-corrected chi connectivity index (χ2v) is 6.12. The highest BCUT2D eigenvalue weighted by atomic mass is 35.5. The maximum absolute atomic E-state index is 13.9. The Bertz CT molecular complexity index is 922. The molecule has 0 aliphatic rings. The van der Waals surface area contributed by atoms with Crippen LogP contribution in [-0.4, -0.2) is 14.3 Å². The molecule has 0 aliphatic carbocycles. The number of ether oxygens (including phenoxy) is 1. The van der Waals surface area contributed by atoms with Gasteiger partial charge in [-0.3, -0.25) is 4.79 Å². The molecule has 0 fully saturated rings. The van der Waals surface area contributed by atoms with Gasteiger partial charge in [0, 0.05) is 12.1 Å². The minimum Gasteiger partial charge on any atom is -0.456 e. The van der Waals surface area contributed by atoms with Gasteiger partial charge in [0.2, 0.25) is 0 Å². The first-order valence-corrected chi connectivity index (χ1v) is 7.96. The highest BCUT2D eigenvalue weighted by Gasteiger charge is 2.19. The van der Waals surface area contributed by atoms with Crippen LogP contribution in [0.5, 0.6) is 11.5 Å². The molecule has 0 radical (unpaired) electrons. The molecule has 3 N–H and O–H groups in total. The number of hydrogen-bond donors (Lipinski definition) is 2. The summed E-state index contributed by atoms with van der Waals surface area (Å²) in [6.45, 7) is 0. The molecule has 0 aromatic heterocycles. The number of halogens is 4. The normalized spacial score (nSPS) is 11.2. The molecule has 0 unspecified atom stereocenters. The number of nitrogens with one attached hydrogen (secondary N) is 1. The molecule has 1 amide bonds. The Labute approximate surface area is 139 Å². The third-order valence-electron chi connectivity index (χ3n) is 2.62. The van der Waals surface area contributed by atoms with Crippen molar-refractivity contribution in [3.05, 3.63) is 58.4 Å². The second kappa shape index (κ2) is 6.67. The van der Waals surface area contributed by atoms with Gasteiger partial charge < -0.3 is 4.74 Å². The van der Waals surface area contributed by atoms with Crippen LogP contribution in [0.1, 0.15) is 10.4 Å². The van der Waals surface area contributed by atoms with E-state index < -0.39 is 39.1 Å². The van der Waals surface area contributed by atoms with Gasteiger partial charge in [-0.2, -0.15) is 8.42 Å². The summed E-state index contributed by atoms with van der Waals surface area (Å²) in [7, 11) is -4.39. The van der Waals surface area contributed by atoms with Gasteiger partial charge in [-0.1, -0.05) is 11.6 Å². The number of nitrogens with two attached hydrogens (primary N) is 1. The standard InChI is InChI=1S/C13H8ClF3N2O4S/c14-8-4-7(13(20)19-24(18,21)22)10(16)5-12(8)23-6-1-2-9(15)11(17)3-6/h1-5H,(H,19,20)(H2,18,21,22). The summed E-state index contributed by atoms with van der Waals surface area (Å²) in [5, 5.41) is 4.34. The monoisotopic (exact) mass is 380 g/mol. The van der Waals surface area contributed by atoms with Crippen molar-refractivity contribution in [3.63, 3.8) is 0 Å². The first-order chi connectivity index (χ1) is 11.1. The average molecular weight is 381 g/mol. The van der Waals surface area contributed by atoms with E-state index in [0.29, 0.717) is 12.1 Å². The van der Waals surface area contributed by atoms with Gasteiger partial charge in [-0.15, -0.1) is 0 Å². The topological polar surface area (TPSA) is 98.5 Å². The van der Waals surface area contributed by atoms with Crippen molar-refractivity contribution < 1.29 is 31.1 Å². The van der Waals surface area contributed by atoms with Crippen LogP contribution in [0.4, 0.5) is 13.2 Å². The van der Waals surface area contributed by atoms with E-state index in [1.165, 1.54) is 4.72 Å². The van der Waals surface area contributed by atoms with E-state index in [0.717, 1.165) is 18.2 Å². The summed E-state index contributed by atoms with van der Waals surface area (Å²) in [6, 6.07) is 4.07. The first-order valence-electron chi connectivity index (χ1n) is 6.03. The zero-order valence-corrected chi connectivity index (χ0v) is 13.1. The lowest BCUT2D eigenvalue weighted by molar-refractivity contribution is 0.0977. The maximum Gasteiger partial charge on any atom is 0.298 e. The molecule has 11 heteroatoms. The van der Waals surface area contributed by atoms with Gasteiger partial charge in [0.15, 0.2) is 11.6 Å². The molecular formula is C13H8ClF3N2O4S. The van der Waals surface area contributed by atoms with Crippen LogP contribution in [0.2, 0.25) is 5.02 Å². The summed E-state index contributed by atoms with van der Waals surface area (Å²) in [6.07, 6.45) is 0. The molecule has 2 aromatic carbocycles. The van der Waals surface area contributed by atoms with Crippen LogP contribution in [0.25, 0.3) is 0 Å². The van der Waals surface area contributed by atoms with Crippen molar-refractivity contribution in [2.24, 2.45) is 5.14 Å². The molecule has 2 rings (SSSR count). The summed E-state index contributed by atoms with van der Waals surface area (Å²) in [5.74, 6) is -5.26. The minimum atomic E-state index is -4.39. The van der Waals surface area contributed by atoms with E-state index in [2.05, 4.69) is 5.14 Å². The summed E-state index contributed by atoms with van der Waals surface area (Å²) in [4.78, 5) is 11.6. The second-order valence-electron chi connectivity index (χ2n) is 4.42. The van der Waals surface area contributed by atoms with Crippen molar-refractivity contribution in [2.75, 3.05) is 0 Å². The molecule has 0 spiro atoms. The Kier molecular flexibility index (Phi) is 5.02. The van der Waals surface area contributed by atoms with Gasteiger partial charge in [-0.05, 0) is 18.2 Å². The molecule has 6 nitrogen and oxygen atoms in total. The van der Waals surface area contributed by atoms with Crippen LogP contribution in [-0.2, 0) is 10.2 Å². The van der Waals surface area contributed by atoms with E-state index in [1.54, 1.807) is 0 Å². The van der Waals surface area contributed by atoms with Gasteiger partial charge in [-0.25, -0.2) is 23.0 Å². The smallest absolute Gasteiger partial charge is 0.298 e. The highest BCUT2D eigenvalue weighted by Crippen LogP contribution is 2.32. The Morgan fingerprint density at radius 3 is 2.33 bits per heavy atom. The first kappa shape index (κ1) is 18.0. The maximum atomic E-state index is 13.9. The lowest BCUT2D eigenvalue weighted by Gasteiger charge is -2.10. The van der Waals surface area contributed by atoms with Crippen molar-refractivity contribution in [1.29, 1.82) is 0 Å². The molecule has 128 valence electrons. The van der Waals surface area contributed by atoms with Crippen molar-refractivity contribution in [2.45, 2.75) is 0 Å². The fraction of sp³-hybridized carbons (Fsp3) is 0. The van der Waals surface area contributed by atoms with Gasteiger partial charge in [0.05, 0.1) is 10.6 Å². The highest BCUT2D eigenvalue weighted by molar-refractivity contribution is 7.87. The molecule has 0 saturated heterocycles. The van der Waals surface area contributed by atoms with E-state index in [4.69, 9.17) is 16.3 Å². The summed E-state index contributed by atoms with van der Waals surface area (Å²) < 4.78 is 67.9. The van der Waals surface area contributed by atoms with Crippen LogP contribution in [0.15, 0.2) is 30.3 Å². The molecule has 0 heterocycles. The SMILES string of the molecule is NS(=O)(=O)NC(=O)c1cc(Cl)c(Oc2ccc(F)c(F)c2)cc1F. The van der Waals surface area contributed by atoms with Crippen LogP contribution < -0.4 is 14.6 Å². The van der Waals surface area contributed by atoms with E-state index in [9.17, 15) is 26.4 Å². The molecular weight excluding hydrogens is 373 g/mol. The van der Waals surface area contributed by atoms with E-state index >= 15 is 0 Å². The molecule has 0 bridgehead atoms. The van der Waals surface area contributed by atoms with Crippen LogP contribution in [0, 0.1) is 17.5 Å². The third-order valence-corrected chi connectivity index (χ3v) is 3.39. The number of carbonyl (C=O) groups excluding carboxylic acids is 1. The predicted octanol–water partition coefficient (Wildman–Crippen LogP) is 2.48. The Morgan fingerprint density at radius 1 is 1.08 bits per heavy atom. The summed E-state index contributed by atoms with van der Waals surface area (Å²) in [5.41, 5.74) is -0.702. The third kappa shape index (κ3) is 4.37. The molecule has 0 aliphatic heterocycles. The largest absolute Gasteiger partial charge is 0.456 e. The minimum absolute atomic E-state index is 0.170. The van der Waals surface area contributed by atoms with Crippen molar-refractivity contribution >= 4 is 27.7 Å². The zero-order valence-electron chi connectivity index (χ0n) is 11.5. The zero-order chi connectivity index (χ0) is 18.1. The lowest BCUT2D eigenvalue weighted by Crippen LogP contribution is -2.36. The number of amides is 1. The Morgan fingerprint density at radius 2 is 1.75 bits per heavy atom. The molecule has 2 aromatic rings. The van der Waals surface area contributed by atoms with Gasteiger partial charge in [0.25, 0.3) is 16.1 Å². The van der Waals surface area contributed by atoms with E-state index in [-0.39, 0.29) is 16.5 Å². The van der Waals surface area contributed by atoms with Gasteiger partial charge >= 0.3 is 0 Å². The summed E-state index contributed by atoms with van der Waals surface area (Å²) >= 11 is 5.82. The number of hydrogen-bond acceptors (Lipinski definition) is 4. The predicted molar refractivity (Wildman–Crippen MR) is 78.4 cm³/mol. The fourth-order valence-electron chi connectivity index (χ4n) is 1.63. The van der Waals surface area contributed by atoms with E-state index in [1.807, 2.05) is 0 Å². The Balaban J connectivity index is 2.32. The van der Waals surface area contributed by atoms with Crippen molar-refractivity contribution in [3.8, 4) is 11.5 Å². The number of benzene rings is 2.